The summed E-state index contributed by atoms with van der Waals surface area (Å²) in [5.74, 6) is -1.14. The molecule has 112 valence electrons. The van der Waals surface area contributed by atoms with E-state index in [1.54, 1.807) is 0 Å². The first-order valence-corrected chi connectivity index (χ1v) is 7.54. The molecule has 0 rings (SSSR count). The minimum atomic E-state index is -0.865. The van der Waals surface area contributed by atoms with Gasteiger partial charge in [0, 0.05) is 12.8 Å². The Hall–Kier alpha value is -1.06. The highest BCUT2D eigenvalue weighted by atomic mass is 16.5. The van der Waals surface area contributed by atoms with E-state index in [4.69, 9.17) is 9.84 Å². The maximum atomic E-state index is 11.2. The molecule has 0 fully saturated rings. The number of hydrogen-bond donors (Lipinski definition) is 1. The molecule has 0 aromatic carbocycles. The quantitative estimate of drug-likeness (QED) is 0.407. The van der Waals surface area contributed by atoms with E-state index in [1.807, 2.05) is 0 Å². The highest BCUT2D eigenvalue weighted by Crippen LogP contribution is 2.08. The Morgan fingerprint density at radius 2 is 1.42 bits per heavy atom. The molecule has 4 nitrogen and oxygen atoms in total. The van der Waals surface area contributed by atoms with Crippen molar-refractivity contribution in [2.75, 3.05) is 6.61 Å². The topological polar surface area (TPSA) is 63.6 Å². The molecule has 1 N–H and O–H groups in total. The molecule has 19 heavy (non-hydrogen) atoms. The number of unbranched alkanes of at least 4 members (excludes halogenated alkanes) is 7. The third-order valence-electron chi connectivity index (χ3n) is 3.03. The van der Waals surface area contributed by atoms with Crippen LogP contribution in [0.3, 0.4) is 0 Å². The lowest BCUT2D eigenvalue weighted by Crippen LogP contribution is -2.06. The van der Waals surface area contributed by atoms with Crippen molar-refractivity contribution in [2.24, 2.45) is 0 Å². The minimum Gasteiger partial charge on any atom is -0.481 e. The molecule has 0 amide bonds. The van der Waals surface area contributed by atoms with E-state index in [1.165, 1.54) is 38.5 Å². The van der Waals surface area contributed by atoms with Crippen LogP contribution in [0, 0.1) is 0 Å². The van der Waals surface area contributed by atoms with E-state index in [2.05, 4.69) is 6.92 Å². The Morgan fingerprint density at radius 3 is 2.00 bits per heavy atom. The van der Waals surface area contributed by atoms with Gasteiger partial charge in [0.05, 0.1) is 6.61 Å². The lowest BCUT2D eigenvalue weighted by molar-refractivity contribution is -0.144. The molecule has 0 atom stereocenters. The number of carboxylic acids is 1. The highest BCUT2D eigenvalue weighted by molar-refractivity contribution is 5.71. The molecule has 0 bridgehead atoms. The lowest BCUT2D eigenvalue weighted by atomic mass is 10.1. The third kappa shape index (κ3) is 14.9. The summed E-state index contributed by atoms with van der Waals surface area (Å²) in [6, 6.07) is 0. The van der Waals surface area contributed by atoms with E-state index in [0.29, 0.717) is 13.0 Å². The Balaban J connectivity index is 3.16. The molecule has 0 spiro atoms. The number of aliphatic carboxylic acids is 1. The van der Waals surface area contributed by atoms with Gasteiger partial charge in [-0.25, -0.2) is 0 Å². The summed E-state index contributed by atoms with van der Waals surface area (Å²) in [6.45, 7) is 2.69. The van der Waals surface area contributed by atoms with Crippen molar-refractivity contribution in [3.63, 3.8) is 0 Å². The molecular weight excluding hydrogens is 244 g/mol. The predicted molar refractivity (Wildman–Crippen MR) is 75.1 cm³/mol. The fourth-order valence-electron chi connectivity index (χ4n) is 1.88. The van der Waals surface area contributed by atoms with Crippen LogP contribution in [-0.4, -0.2) is 23.7 Å². The van der Waals surface area contributed by atoms with Crippen molar-refractivity contribution in [1.29, 1.82) is 0 Å². The molecule has 0 aliphatic rings. The van der Waals surface area contributed by atoms with Crippen LogP contribution in [0.2, 0.25) is 0 Å². The largest absolute Gasteiger partial charge is 0.481 e. The fourth-order valence-corrected chi connectivity index (χ4v) is 1.88. The zero-order valence-electron chi connectivity index (χ0n) is 12.2. The normalized spacial score (nSPS) is 10.4. The molecule has 0 heterocycles. The van der Waals surface area contributed by atoms with E-state index in [9.17, 15) is 9.59 Å². The summed E-state index contributed by atoms with van der Waals surface area (Å²) in [7, 11) is 0. The summed E-state index contributed by atoms with van der Waals surface area (Å²) in [6.07, 6.45) is 10.4. The van der Waals surface area contributed by atoms with Crippen molar-refractivity contribution in [3.05, 3.63) is 0 Å². The Labute approximate surface area is 116 Å². The van der Waals surface area contributed by atoms with Crippen LogP contribution in [0.25, 0.3) is 0 Å². The number of rotatable bonds is 13. The van der Waals surface area contributed by atoms with Gasteiger partial charge >= 0.3 is 11.9 Å². The molecule has 4 heteroatoms. The maximum Gasteiger partial charge on any atom is 0.305 e. The van der Waals surface area contributed by atoms with Gasteiger partial charge in [-0.15, -0.1) is 0 Å². The van der Waals surface area contributed by atoms with Crippen LogP contribution in [0.5, 0.6) is 0 Å². The van der Waals surface area contributed by atoms with E-state index < -0.39 is 5.97 Å². The summed E-state index contributed by atoms with van der Waals surface area (Å²) >= 11 is 0. The second-order valence-electron chi connectivity index (χ2n) is 4.94. The molecule has 0 saturated carbocycles. The average Bonchev–Trinajstić information content (AvgIpc) is 2.36. The third-order valence-corrected chi connectivity index (χ3v) is 3.03. The van der Waals surface area contributed by atoms with Gasteiger partial charge in [-0.3, -0.25) is 9.59 Å². The monoisotopic (exact) mass is 272 g/mol. The van der Waals surface area contributed by atoms with Crippen molar-refractivity contribution in [2.45, 2.75) is 77.6 Å². The SMILES string of the molecule is CCCCCCCCCCOC(=O)CCCC(=O)O. The van der Waals surface area contributed by atoms with E-state index in [-0.39, 0.29) is 18.8 Å². The van der Waals surface area contributed by atoms with Gasteiger partial charge in [0.1, 0.15) is 0 Å². The van der Waals surface area contributed by atoms with Gasteiger partial charge in [0.25, 0.3) is 0 Å². The van der Waals surface area contributed by atoms with Gasteiger partial charge in [0.15, 0.2) is 0 Å². The van der Waals surface area contributed by atoms with E-state index >= 15 is 0 Å². The highest BCUT2D eigenvalue weighted by Gasteiger charge is 2.04. The first-order chi connectivity index (χ1) is 9.16. The minimum absolute atomic E-state index is 0.0346. The van der Waals surface area contributed by atoms with Crippen molar-refractivity contribution < 1.29 is 19.4 Å². The number of ether oxygens (including phenoxy) is 1. The van der Waals surface area contributed by atoms with E-state index in [0.717, 1.165) is 12.8 Å². The fraction of sp³-hybridized carbons (Fsp3) is 0.867. The van der Waals surface area contributed by atoms with Gasteiger partial charge in [0.2, 0.25) is 0 Å². The zero-order valence-corrected chi connectivity index (χ0v) is 12.2. The number of carboxylic acid groups (broad SMARTS) is 1. The van der Waals surface area contributed by atoms with Crippen LogP contribution >= 0.6 is 0 Å². The molecular formula is C15H28O4. The van der Waals surface area contributed by atoms with Crippen LogP contribution in [-0.2, 0) is 14.3 Å². The first kappa shape index (κ1) is 17.9. The summed E-state index contributed by atoms with van der Waals surface area (Å²) in [5.41, 5.74) is 0. The van der Waals surface area contributed by atoms with Gasteiger partial charge in [-0.05, 0) is 12.8 Å². The van der Waals surface area contributed by atoms with Crippen molar-refractivity contribution in [3.8, 4) is 0 Å². The number of hydrogen-bond acceptors (Lipinski definition) is 3. The molecule has 0 aromatic rings. The molecule has 0 aliphatic carbocycles. The Kier molecular flexibility index (Phi) is 12.6. The zero-order chi connectivity index (χ0) is 14.3. The standard InChI is InChI=1S/C15H28O4/c1-2-3-4-5-6-7-8-9-13-19-15(18)12-10-11-14(16)17/h2-13H2,1H3,(H,16,17). The summed E-state index contributed by atoms with van der Waals surface area (Å²) in [4.78, 5) is 21.5. The van der Waals surface area contributed by atoms with Gasteiger partial charge < -0.3 is 9.84 Å². The number of esters is 1. The second-order valence-corrected chi connectivity index (χ2v) is 4.94. The summed E-state index contributed by atoms with van der Waals surface area (Å²) in [5, 5.41) is 8.42. The molecule has 0 saturated heterocycles. The smallest absolute Gasteiger partial charge is 0.305 e. The van der Waals surface area contributed by atoms with Crippen molar-refractivity contribution in [1.82, 2.24) is 0 Å². The van der Waals surface area contributed by atoms with Crippen LogP contribution in [0.4, 0.5) is 0 Å². The second kappa shape index (κ2) is 13.4. The van der Waals surface area contributed by atoms with Crippen LogP contribution in [0.1, 0.15) is 77.6 Å². The van der Waals surface area contributed by atoms with Crippen LogP contribution in [0.15, 0.2) is 0 Å². The molecule has 0 aliphatic heterocycles. The lowest BCUT2D eigenvalue weighted by Gasteiger charge is -2.04. The number of carbonyl (C=O) groups excluding carboxylic acids is 1. The summed E-state index contributed by atoms with van der Waals surface area (Å²) < 4.78 is 5.04. The van der Waals surface area contributed by atoms with Crippen LogP contribution < -0.4 is 0 Å². The maximum absolute atomic E-state index is 11.2. The Bertz CT molecular complexity index is 238. The van der Waals surface area contributed by atoms with Crippen molar-refractivity contribution >= 4 is 11.9 Å². The number of carbonyl (C=O) groups is 2. The van der Waals surface area contributed by atoms with Gasteiger partial charge in [-0.1, -0.05) is 51.9 Å². The molecule has 0 unspecified atom stereocenters. The average molecular weight is 272 g/mol. The molecule has 0 radical (unpaired) electrons. The Morgan fingerprint density at radius 1 is 0.842 bits per heavy atom. The molecule has 0 aromatic heterocycles. The first-order valence-electron chi connectivity index (χ1n) is 7.54. The predicted octanol–water partition coefficient (Wildman–Crippen LogP) is 3.93. The van der Waals surface area contributed by atoms with Gasteiger partial charge in [-0.2, -0.15) is 0 Å².